The Bertz CT molecular complexity index is 829. The van der Waals surface area contributed by atoms with Gasteiger partial charge in [0.1, 0.15) is 11.9 Å². The van der Waals surface area contributed by atoms with Crippen LogP contribution in [0.1, 0.15) is 26.7 Å². The van der Waals surface area contributed by atoms with Gasteiger partial charge in [-0.3, -0.25) is 14.7 Å². The summed E-state index contributed by atoms with van der Waals surface area (Å²) in [6.45, 7) is 6.08. The second-order valence-electron chi connectivity index (χ2n) is 7.73. The number of carbonyl (C=O) groups excluding carboxylic acids is 1. The maximum atomic E-state index is 13.7. The SMILES string of the molecule is CCOC(=O)C(C)N1CC2CC(Nc3ccnc4ccc(F)cc34)CC2C1. The van der Waals surface area contributed by atoms with E-state index in [-0.39, 0.29) is 17.8 Å². The van der Waals surface area contributed by atoms with Crippen molar-refractivity contribution in [2.45, 2.75) is 38.8 Å². The average molecular weight is 371 g/mol. The van der Waals surface area contributed by atoms with Gasteiger partial charge >= 0.3 is 5.97 Å². The van der Waals surface area contributed by atoms with Crippen LogP contribution in [-0.4, -0.2) is 47.6 Å². The van der Waals surface area contributed by atoms with Crippen LogP contribution in [-0.2, 0) is 9.53 Å². The third-order valence-electron chi connectivity index (χ3n) is 6.02. The van der Waals surface area contributed by atoms with E-state index in [1.54, 1.807) is 18.3 Å². The fourth-order valence-electron chi connectivity index (χ4n) is 4.65. The largest absolute Gasteiger partial charge is 0.465 e. The van der Waals surface area contributed by atoms with Crippen LogP contribution in [0.5, 0.6) is 0 Å². The van der Waals surface area contributed by atoms with Gasteiger partial charge in [0, 0.05) is 36.4 Å². The lowest BCUT2D eigenvalue weighted by molar-refractivity contribution is -0.148. The minimum absolute atomic E-state index is 0.127. The summed E-state index contributed by atoms with van der Waals surface area (Å²) < 4.78 is 18.8. The van der Waals surface area contributed by atoms with Gasteiger partial charge in [-0.1, -0.05) is 0 Å². The molecule has 0 spiro atoms. The number of hydrogen-bond donors (Lipinski definition) is 1. The van der Waals surface area contributed by atoms with E-state index in [1.807, 2.05) is 19.9 Å². The molecule has 2 heterocycles. The quantitative estimate of drug-likeness (QED) is 0.816. The van der Waals surface area contributed by atoms with Crippen LogP contribution in [0.2, 0.25) is 0 Å². The highest BCUT2D eigenvalue weighted by molar-refractivity contribution is 5.91. The fourth-order valence-corrected chi connectivity index (χ4v) is 4.65. The van der Waals surface area contributed by atoms with Gasteiger partial charge in [0.2, 0.25) is 0 Å². The Morgan fingerprint density at radius 3 is 2.78 bits per heavy atom. The summed E-state index contributed by atoms with van der Waals surface area (Å²) in [7, 11) is 0. The molecule has 1 aliphatic carbocycles. The van der Waals surface area contributed by atoms with E-state index in [0.717, 1.165) is 42.5 Å². The van der Waals surface area contributed by atoms with Crippen LogP contribution in [0.25, 0.3) is 10.9 Å². The van der Waals surface area contributed by atoms with Crippen LogP contribution in [0.15, 0.2) is 30.5 Å². The van der Waals surface area contributed by atoms with Crippen LogP contribution in [0.3, 0.4) is 0 Å². The predicted molar refractivity (Wildman–Crippen MR) is 103 cm³/mol. The molecular weight excluding hydrogens is 345 g/mol. The molecule has 6 heteroatoms. The smallest absolute Gasteiger partial charge is 0.323 e. The molecule has 1 aromatic carbocycles. The van der Waals surface area contributed by atoms with Crippen molar-refractivity contribution >= 4 is 22.6 Å². The Morgan fingerprint density at radius 1 is 1.33 bits per heavy atom. The molecule has 2 fully saturated rings. The second-order valence-corrected chi connectivity index (χ2v) is 7.73. The topological polar surface area (TPSA) is 54.5 Å². The molecule has 3 unspecified atom stereocenters. The number of esters is 1. The standard InChI is InChI=1S/C21H26FN3O2/c1-3-27-21(26)13(2)25-11-14-8-17(9-15(14)12-25)24-20-6-7-23-19-5-4-16(22)10-18(19)20/h4-7,10,13-15,17H,3,8-9,11-12H2,1-2H3,(H,23,24). The minimum Gasteiger partial charge on any atom is -0.465 e. The summed E-state index contributed by atoms with van der Waals surface area (Å²) in [6.07, 6.45) is 3.90. The first-order valence-electron chi connectivity index (χ1n) is 9.76. The van der Waals surface area contributed by atoms with E-state index < -0.39 is 0 Å². The van der Waals surface area contributed by atoms with E-state index in [2.05, 4.69) is 15.2 Å². The number of benzene rings is 1. The third kappa shape index (κ3) is 3.63. The molecule has 4 rings (SSSR count). The number of carbonyl (C=O) groups is 1. The van der Waals surface area contributed by atoms with Crippen LogP contribution in [0.4, 0.5) is 10.1 Å². The van der Waals surface area contributed by atoms with E-state index in [9.17, 15) is 9.18 Å². The van der Waals surface area contributed by atoms with Gasteiger partial charge in [0.25, 0.3) is 0 Å². The molecule has 144 valence electrons. The number of fused-ring (bicyclic) bond motifs is 2. The Hall–Kier alpha value is -2.21. The maximum absolute atomic E-state index is 13.7. The summed E-state index contributed by atoms with van der Waals surface area (Å²) in [5.41, 5.74) is 1.75. The Labute approximate surface area is 158 Å². The summed E-state index contributed by atoms with van der Waals surface area (Å²) in [5, 5.41) is 4.44. The number of nitrogens with zero attached hydrogens (tertiary/aromatic N) is 2. The Morgan fingerprint density at radius 2 is 2.07 bits per heavy atom. The zero-order valence-corrected chi connectivity index (χ0v) is 15.8. The number of rotatable bonds is 5. The molecule has 1 N–H and O–H groups in total. The van der Waals surface area contributed by atoms with Crippen molar-refractivity contribution < 1.29 is 13.9 Å². The highest BCUT2D eigenvalue weighted by Crippen LogP contribution is 2.40. The minimum atomic E-state index is -0.245. The number of halogens is 1. The normalized spacial score (nSPS) is 26.1. The van der Waals surface area contributed by atoms with Crippen LogP contribution < -0.4 is 5.32 Å². The molecule has 27 heavy (non-hydrogen) atoms. The molecule has 3 atom stereocenters. The first-order chi connectivity index (χ1) is 13.0. The van der Waals surface area contributed by atoms with E-state index >= 15 is 0 Å². The van der Waals surface area contributed by atoms with Crippen LogP contribution >= 0.6 is 0 Å². The second kappa shape index (κ2) is 7.43. The summed E-state index contributed by atoms with van der Waals surface area (Å²) in [6, 6.07) is 6.82. The number of hydrogen-bond acceptors (Lipinski definition) is 5. The van der Waals surface area contributed by atoms with Crippen molar-refractivity contribution in [3.63, 3.8) is 0 Å². The summed E-state index contributed by atoms with van der Waals surface area (Å²) >= 11 is 0. The molecule has 1 aromatic heterocycles. The lowest BCUT2D eigenvalue weighted by Crippen LogP contribution is -2.39. The number of nitrogens with one attached hydrogen (secondary N) is 1. The predicted octanol–water partition coefficient (Wildman–Crippen LogP) is 3.45. The van der Waals surface area contributed by atoms with Crippen LogP contribution in [0, 0.1) is 17.7 Å². The third-order valence-corrected chi connectivity index (χ3v) is 6.02. The molecule has 5 nitrogen and oxygen atoms in total. The van der Waals surface area contributed by atoms with Crippen molar-refractivity contribution in [3.8, 4) is 0 Å². The average Bonchev–Trinajstić information content (AvgIpc) is 3.20. The molecule has 1 saturated carbocycles. The van der Waals surface area contributed by atoms with Gasteiger partial charge in [-0.25, -0.2) is 4.39 Å². The van der Waals surface area contributed by atoms with Gasteiger partial charge in [0.15, 0.2) is 0 Å². The highest BCUT2D eigenvalue weighted by Gasteiger charge is 2.43. The Kier molecular flexibility index (Phi) is 5.00. The van der Waals surface area contributed by atoms with Crippen molar-refractivity contribution in [1.29, 1.82) is 0 Å². The summed E-state index contributed by atoms with van der Waals surface area (Å²) in [4.78, 5) is 18.6. The first-order valence-corrected chi connectivity index (χ1v) is 9.76. The van der Waals surface area contributed by atoms with Gasteiger partial charge in [0.05, 0.1) is 12.1 Å². The van der Waals surface area contributed by atoms with E-state index in [1.165, 1.54) is 6.07 Å². The number of likely N-dealkylation sites (tertiary alicyclic amines) is 1. The molecule has 1 saturated heterocycles. The molecule has 0 radical (unpaired) electrons. The lowest BCUT2D eigenvalue weighted by atomic mass is 10.0. The molecule has 1 aliphatic heterocycles. The maximum Gasteiger partial charge on any atom is 0.323 e. The fraction of sp³-hybridized carbons (Fsp3) is 0.524. The number of pyridine rings is 1. The number of ether oxygens (including phenoxy) is 1. The molecular formula is C21H26FN3O2. The van der Waals surface area contributed by atoms with E-state index in [4.69, 9.17) is 4.74 Å². The zero-order chi connectivity index (χ0) is 19.0. The van der Waals surface area contributed by atoms with Gasteiger partial charge in [-0.05, 0) is 62.8 Å². The number of aromatic nitrogens is 1. The highest BCUT2D eigenvalue weighted by atomic mass is 19.1. The van der Waals surface area contributed by atoms with Crippen molar-refractivity contribution in [2.24, 2.45) is 11.8 Å². The molecule has 2 aromatic rings. The summed E-state index contributed by atoms with van der Waals surface area (Å²) in [5.74, 6) is 0.802. The Balaban J connectivity index is 1.40. The lowest BCUT2D eigenvalue weighted by Gasteiger charge is -2.24. The van der Waals surface area contributed by atoms with Gasteiger partial charge in [-0.2, -0.15) is 0 Å². The zero-order valence-electron chi connectivity index (χ0n) is 15.8. The molecule has 0 bridgehead atoms. The number of anilines is 1. The van der Waals surface area contributed by atoms with Gasteiger partial charge < -0.3 is 10.1 Å². The first kappa shape index (κ1) is 18.2. The molecule has 0 amide bonds. The van der Waals surface area contributed by atoms with Crippen molar-refractivity contribution in [1.82, 2.24) is 9.88 Å². The van der Waals surface area contributed by atoms with E-state index in [0.29, 0.717) is 24.5 Å². The van der Waals surface area contributed by atoms with Gasteiger partial charge in [-0.15, -0.1) is 0 Å². The monoisotopic (exact) mass is 371 g/mol. The van der Waals surface area contributed by atoms with Crippen molar-refractivity contribution in [2.75, 3.05) is 25.0 Å². The molecule has 2 aliphatic rings. The van der Waals surface area contributed by atoms with Crippen molar-refractivity contribution in [3.05, 3.63) is 36.3 Å².